The van der Waals surface area contributed by atoms with Crippen LogP contribution in [0.4, 0.5) is 0 Å². The monoisotopic (exact) mass is 256 g/mol. The van der Waals surface area contributed by atoms with Crippen molar-refractivity contribution in [1.82, 2.24) is 5.32 Å². The molecule has 18 heavy (non-hydrogen) atoms. The van der Waals surface area contributed by atoms with Crippen LogP contribution in [-0.4, -0.2) is 28.6 Å². The molecule has 1 unspecified atom stereocenters. The molecule has 1 fully saturated rings. The van der Waals surface area contributed by atoms with Crippen LogP contribution >= 0.6 is 0 Å². The van der Waals surface area contributed by atoms with Gasteiger partial charge >= 0.3 is 5.97 Å². The topological polar surface area (TPSA) is 92.4 Å². The summed E-state index contributed by atoms with van der Waals surface area (Å²) in [6.45, 7) is 5.37. The maximum atomic E-state index is 11.9. The fourth-order valence-corrected chi connectivity index (χ4v) is 2.44. The lowest BCUT2D eigenvalue weighted by molar-refractivity contribution is -0.145. The highest BCUT2D eigenvalue weighted by Crippen LogP contribution is 2.30. The summed E-state index contributed by atoms with van der Waals surface area (Å²) in [4.78, 5) is 23.1. The Morgan fingerprint density at radius 2 is 1.83 bits per heavy atom. The Bertz CT molecular complexity index is 328. The molecule has 104 valence electrons. The number of hydrogen-bond acceptors (Lipinski definition) is 3. The Morgan fingerprint density at radius 1 is 1.33 bits per heavy atom. The molecule has 5 heteroatoms. The van der Waals surface area contributed by atoms with E-state index in [-0.39, 0.29) is 12.3 Å². The van der Waals surface area contributed by atoms with Crippen LogP contribution in [0.25, 0.3) is 0 Å². The lowest BCUT2D eigenvalue weighted by atomic mass is 9.86. The molecule has 1 aliphatic carbocycles. The zero-order chi connectivity index (χ0) is 14.0. The number of carbonyl (C=O) groups excluding carboxylic acids is 1. The minimum atomic E-state index is -1.01. The molecular weight excluding hydrogens is 232 g/mol. The number of rotatable bonds is 4. The third-order valence-electron chi connectivity index (χ3n) is 3.53. The maximum Gasteiger partial charge on any atom is 0.326 e. The van der Waals surface area contributed by atoms with Crippen molar-refractivity contribution in [2.24, 2.45) is 11.1 Å². The summed E-state index contributed by atoms with van der Waals surface area (Å²) < 4.78 is 0. The first kappa shape index (κ1) is 15.0. The number of carboxylic acid groups (broad SMARTS) is 1. The smallest absolute Gasteiger partial charge is 0.326 e. The number of nitrogens with two attached hydrogens (primary N) is 1. The van der Waals surface area contributed by atoms with Crippen LogP contribution in [0.3, 0.4) is 0 Å². The van der Waals surface area contributed by atoms with Crippen LogP contribution in [0.15, 0.2) is 0 Å². The van der Waals surface area contributed by atoms with Crippen LogP contribution < -0.4 is 11.1 Å². The molecule has 5 nitrogen and oxygen atoms in total. The second-order valence-electron chi connectivity index (χ2n) is 6.45. The third-order valence-corrected chi connectivity index (χ3v) is 3.53. The number of nitrogens with one attached hydrogen (secondary N) is 1. The first-order chi connectivity index (χ1) is 8.14. The average molecular weight is 256 g/mol. The van der Waals surface area contributed by atoms with E-state index in [1.807, 2.05) is 0 Å². The number of carbonyl (C=O) groups is 2. The van der Waals surface area contributed by atoms with Crippen molar-refractivity contribution in [3.63, 3.8) is 0 Å². The van der Waals surface area contributed by atoms with Gasteiger partial charge in [0.15, 0.2) is 0 Å². The van der Waals surface area contributed by atoms with E-state index in [4.69, 9.17) is 10.8 Å². The van der Waals surface area contributed by atoms with Gasteiger partial charge in [-0.2, -0.15) is 0 Å². The van der Waals surface area contributed by atoms with Crippen molar-refractivity contribution in [2.75, 3.05) is 0 Å². The van der Waals surface area contributed by atoms with Gasteiger partial charge in [0, 0.05) is 12.0 Å². The quantitative estimate of drug-likeness (QED) is 0.706. The fourth-order valence-electron chi connectivity index (χ4n) is 2.44. The van der Waals surface area contributed by atoms with Gasteiger partial charge < -0.3 is 16.2 Å². The molecule has 0 heterocycles. The minimum absolute atomic E-state index is 0.215. The van der Waals surface area contributed by atoms with E-state index in [0.29, 0.717) is 0 Å². The van der Waals surface area contributed by atoms with E-state index in [1.54, 1.807) is 20.8 Å². The lowest BCUT2D eigenvalue weighted by Crippen LogP contribution is -2.51. The largest absolute Gasteiger partial charge is 0.480 e. The van der Waals surface area contributed by atoms with Crippen LogP contribution in [0.5, 0.6) is 0 Å². The molecule has 0 aromatic carbocycles. The Labute approximate surface area is 108 Å². The molecule has 0 saturated heterocycles. The van der Waals surface area contributed by atoms with Gasteiger partial charge in [-0.3, -0.25) is 4.79 Å². The number of aliphatic carboxylic acids is 1. The summed E-state index contributed by atoms with van der Waals surface area (Å²) in [7, 11) is 0. The molecule has 1 atom stereocenters. The van der Waals surface area contributed by atoms with Gasteiger partial charge in [0.05, 0.1) is 0 Å². The summed E-state index contributed by atoms with van der Waals surface area (Å²) in [5, 5.41) is 11.7. The van der Waals surface area contributed by atoms with Gasteiger partial charge in [-0.05, 0) is 18.3 Å². The van der Waals surface area contributed by atoms with Crippen LogP contribution in [0.1, 0.15) is 52.9 Å². The molecule has 1 rings (SSSR count). The normalized spacial score (nSPS) is 20.4. The molecule has 4 N–H and O–H groups in total. The van der Waals surface area contributed by atoms with Crippen molar-refractivity contribution in [2.45, 2.75) is 64.5 Å². The highest BCUT2D eigenvalue weighted by Gasteiger charge is 2.36. The van der Waals surface area contributed by atoms with Crippen molar-refractivity contribution in [3.8, 4) is 0 Å². The lowest BCUT2D eigenvalue weighted by Gasteiger charge is -2.30. The number of amides is 1. The van der Waals surface area contributed by atoms with Crippen molar-refractivity contribution in [1.29, 1.82) is 0 Å². The minimum Gasteiger partial charge on any atom is -0.480 e. The van der Waals surface area contributed by atoms with E-state index in [0.717, 1.165) is 25.7 Å². The Hall–Kier alpha value is -1.10. The van der Waals surface area contributed by atoms with Crippen LogP contribution in [0.2, 0.25) is 0 Å². The molecule has 0 aromatic heterocycles. The van der Waals surface area contributed by atoms with Gasteiger partial charge in [0.2, 0.25) is 5.91 Å². The highest BCUT2D eigenvalue weighted by atomic mass is 16.4. The molecule has 1 amide bonds. The second-order valence-corrected chi connectivity index (χ2v) is 6.45. The van der Waals surface area contributed by atoms with Gasteiger partial charge in [-0.25, -0.2) is 4.79 Å². The SMILES string of the molecule is CC(C)(C)C(NC(=O)CC1(N)CCCC1)C(=O)O. The zero-order valence-electron chi connectivity index (χ0n) is 11.5. The second kappa shape index (κ2) is 5.26. The Morgan fingerprint density at radius 3 is 2.22 bits per heavy atom. The van der Waals surface area contributed by atoms with Crippen LogP contribution in [0, 0.1) is 5.41 Å². The third kappa shape index (κ3) is 3.98. The van der Waals surface area contributed by atoms with Crippen molar-refractivity contribution >= 4 is 11.9 Å². The number of carboxylic acids is 1. The fraction of sp³-hybridized carbons (Fsp3) is 0.846. The van der Waals surface area contributed by atoms with E-state index < -0.39 is 23.0 Å². The molecule has 0 bridgehead atoms. The molecule has 0 aliphatic heterocycles. The highest BCUT2D eigenvalue weighted by molar-refractivity contribution is 5.84. The van der Waals surface area contributed by atoms with Crippen molar-refractivity contribution < 1.29 is 14.7 Å². The van der Waals surface area contributed by atoms with Crippen LogP contribution in [-0.2, 0) is 9.59 Å². The molecular formula is C13H24N2O3. The van der Waals surface area contributed by atoms with Gasteiger partial charge in [-0.1, -0.05) is 33.6 Å². The predicted octanol–water partition coefficient (Wildman–Crippen LogP) is 1.26. The van der Waals surface area contributed by atoms with E-state index in [1.165, 1.54) is 0 Å². The summed E-state index contributed by atoms with van der Waals surface area (Å²) in [5.74, 6) is -1.27. The van der Waals surface area contributed by atoms with Gasteiger partial charge in [0.25, 0.3) is 0 Å². The number of hydrogen-bond donors (Lipinski definition) is 3. The standard InChI is InChI=1S/C13H24N2O3/c1-12(2,3)10(11(17)18)15-9(16)8-13(14)6-4-5-7-13/h10H,4-8,14H2,1-3H3,(H,15,16)(H,17,18). The van der Waals surface area contributed by atoms with Crippen molar-refractivity contribution in [3.05, 3.63) is 0 Å². The summed E-state index contributed by atoms with van der Waals surface area (Å²) >= 11 is 0. The molecule has 0 radical (unpaired) electrons. The molecule has 1 aliphatic rings. The average Bonchev–Trinajstić information content (AvgIpc) is 2.59. The summed E-state index contributed by atoms with van der Waals surface area (Å²) in [6, 6.07) is -0.880. The predicted molar refractivity (Wildman–Crippen MR) is 69.0 cm³/mol. The summed E-state index contributed by atoms with van der Waals surface area (Å²) in [6.07, 6.45) is 3.99. The zero-order valence-corrected chi connectivity index (χ0v) is 11.5. The molecule has 1 saturated carbocycles. The maximum absolute atomic E-state index is 11.9. The van der Waals surface area contributed by atoms with E-state index in [9.17, 15) is 9.59 Å². The van der Waals surface area contributed by atoms with E-state index in [2.05, 4.69) is 5.32 Å². The first-order valence-corrected chi connectivity index (χ1v) is 6.45. The molecule has 0 spiro atoms. The molecule has 0 aromatic rings. The Kier molecular flexibility index (Phi) is 4.37. The summed E-state index contributed by atoms with van der Waals surface area (Å²) in [5.41, 5.74) is 5.16. The van der Waals surface area contributed by atoms with Gasteiger partial charge in [-0.15, -0.1) is 0 Å². The van der Waals surface area contributed by atoms with Gasteiger partial charge in [0.1, 0.15) is 6.04 Å². The first-order valence-electron chi connectivity index (χ1n) is 6.45. The van der Waals surface area contributed by atoms with E-state index >= 15 is 0 Å². The Balaban J connectivity index is 2.60.